The van der Waals surface area contributed by atoms with E-state index in [9.17, 15) is 14.3 Å². The number of terminal acetylenes is 1. The summed E-state index contributed by atoms with van der Waals surface area (Å²) in [5.41, 5.74) is 2.40. The van der Waals surface area contributed by atoms with E-state index in [4.69, 9.17) is 16.9 Å². The number of aliphatic hydroxyl groups is 1. The number of hydrogen-bond donors (Lipinski definition) is 2. The number of anilines is 2. The maximum Gasteiger partial charge on any atom is 0.255 e. The van der Waals surface area contributed by atoms with Crippen molar-refractivity contribution in [3.05, 3.63) is 58.4 Å². The predicted octanol–water partition coefficient (Wildman–Crippen LogP) is 2.96. The molecule has 1 atom stereocenters. The zero-order chi connectivity index (χ0) is 20.0. The number of nitriles is 1. The number of β-amino-alcohol motifs (C(OH)–C–C–N with tert-alkyl or cyclic N) is 1. The van der Waals surface area contributed by atoms with Crippen LogP contribution in [-0.4, -0.2) is 30.2 Å². The number of rotatable bonds is 4. The van der Waals surface area contributed by atoms with Crippen molar-refractivity contribution in [2.75, 3.05) is 23.3 Å². The number of aliphatic hydroxyl groups excluding tert-OH is 1. The summed E-state index contributed by atoms with van der Waals surface area (Å²) in [5, 5.41) is 21.8. The van der Waals surface area contributed by atoms with Gasteiger partial charge in [0.05, 0.1) is 17.1 Å². The molecular formula is C20H17ClFN3O2. The Hall–Kier alpha value is -3.06. The van der Waals surface area contributed by atoms with E-state index in [-0.39, 0.29) is 17.4 Å². The SMILES string of the molecule is C#C.N#Cc1ccc(NC(=O)[C@@H](O)CN2CCc3cc(F)ccc32)cc1Cl. The van der Waals surface area contributed by atoms with Gasteiger partial charge in [-0.2, -0.15) is 5.26 Å². The van der Waals surface area contributed by atoms with Gasteiger partial charge in [-0.3, -0.25) is 4.79 Å². The van der Waals surface area contributed by atoms with Gasteiger partial charge in [0.25, 0.3) is 5.91 Å². The van der Waals surface area contributed by atoms with Crippen LogP contribution in [0, 0.1) is 30.0 Å². The molecule has 27 heavy (non-hydrogen) atoms. The third-order valence-electron chi connectivity index (χ3n) is 4.09. The first-order valence-electron chi connectivity index (χ1n) is 8.03. The molecule has 0 aromatic heterocycles. The molecule has 0 unspecified atom stereocenters. The maximum atomic E-state index is 13.2. The number of hydrogen-bond acceptors (Lipinski definition) is 4. The molecular weight excluding hydrogens is 369 g/mol. The molecule has 0 saturated heterocycles. The van der Waals surface area contributed by atoms with Crippen LogP contribution in [0.25, 0.3) is 0 Å². The second-order valence-electron chi connectivity index (χ2n) is 5.78. The summed E-state index contributed by atoms with van der Waals surface area (Å²) in [5.74, 6) is -0.868. The standard InChI is InChI=1S/C18H15ClFN3O2.C2H2/c19-15-8-14(3-1-12(15)9-21)22-18(25)17(24)10-23-6-5-11-7-13(20)2-4-16(11)23;1-2/h1-4,7-8,17,24H,5-6,10H2,(H,22,25);1-2H/t17-;/m0./s1. The van der Waals surface area contributed by atoms with Crippen LogP contribution in [0.3, 0.4) is 0 Å². The molecule has 0 saturated carbocycles. The monoisotopic (exact) mass is 385 g/mol. The minimum atomic E-state index is -1.26. The molecule has 0 aliphatic carbocycles. The van der Waals surface area contributed by atoms with Crippen molar-refractivity contribution in [2.24, 2.45) is 0 Å². The normalized spacial score (nSPS) is 13.0. The van der Waals surface area contributed by atoms with E-state index < -0.39 is 12.0 Å². The zero-order valence-electron chi connectivity index (χ0n) is 14.3. The highest BCUT2D eigenvalue weighted by atomic mass is 35.5. The molecule has 0 radical (unpaired) electrons. The van der Waals surface area contributed by atoms with Crippen LogP contribution < -0.4 is 10.2 Å². The summed E-state index contributed by atoms with van der Waals surface area (Å²) in [7, 11) is 0. The average Bonchev–Trinajstić information content (AvgIpc) is 3.05. The number of halogens is 2. The Morgan fingerprint density at radius 3 is 2.78 bits per heavy atom. The van der Waals surface area contributed by atoms with Gasteiger partial charge in [-0.25, -0.2) is 4.39 Å². The Bertz CT molecular complexity index is 908. The average molecular weight is 386 g/mol. The third-order valence-corrected chi connectivity index (χ3v) is 4.40. The molecule has 2 aromatic rings. The van der Waals surface area contributed by atoms with E-state index >= 15 is 0 Å². The number of fused-ring (bicyclic) bond motifs is 1. The molecule has 1 heterocycles. The molecule has 0 fully saturated rings. The summed E-state index contributed by atoms with van der Waals surface area (Å²) in [6.07, 6.45) is 7.41. The molecule has 1 amide bonds. The van der Waals surface area contributed by atoms with Gasteiger partial charge in [0.1, 0.15) is 11.9 Å². The van der Waals surface area contributed by atoms with Crippen LogP contribution in [-0.2, 0) is 11.2 Å². The highest BCUT2D eigenvalue weighted by molar-refractivity contribution is 6.32. The number of amides is 1. The second-order valence-corrected chi connectivity index (χ2v) is 6.19. The van der Waals surface area contributed by atoms with Crippen molar-refractivity contribution in [3.63, 3.8) is 0 Å². The topological polar surface area (TPSA) is 76.4 Å². The largest absolute Gasteiger partial charge is 0.381 e. The quantitative estimate of drug-likeness (QED) is 0.793. The highest BCUT2D eigenvalue weighted by Crippen LogP contribution is 2.28. The zero-order valence-corrected chi connectivity index (χ0v) is 15.1. The molecule has 138 valence electrons. The van der Waals surface area contributed by atoms with Gasteiger partial charge in [-0.1, -0.05) is 11.6 Å². The van der Waals surface area contributed by atoms with E-state index in [2.05, 4.69) is 18.2 Å². The Balaban J connectivity index is 0.00000126. The first kappa shape index (κ1) is 20.3. The Kier molecular flexibility index (Phi) is 6.79. The Labute approximate surface area is 162 Å². The van der Waals surface area contributed by atoms with Crippen LogP contribution in [0.15, 0.2) is 36.4 Å². The lowest BCUT2D eigenvalue weighted by atomic mass is 10.1. The first-order valence-corrected chi connectivity index (χ1v) is 8.41. The molecule has 2 N–H and O–H groups in total. The van der Waals surface area contributed by atoms with Crippen molar-refractivity contribution in [1.82, 2.24) is 0 Å². The van der Waals surface area contributed by atoms with Gasteiger partial charge < -0.3 is 15.3 Å². The second kappa shape index (κ2) is 9.05. The summed E-state index contributed by atoms with van der Waals surface area (Å²) < 4.78 is 13.2. The van der Waals surface area contributed by atoms with Crippen molar-refractivity contribution in [1.29, 1.82) is 5.26 Å². The van der Waals surface area contributed by atoms with Crippen LogP contribution in [0.4, 0.5) is 15.8 Å². The maximum absolute atomic E-state index is 13.2. The van der Waals surface area contributed by atoms with Gasteiger partial charge in [0.2, 0.25) is 0 Å². The lowest BCUT2D eigenvalue weighted by Gasteiger charge is -2.22. The van der Waals surface area contributed by atoms with Crippen LogP contribution >= 0.6 is 11.6 Å². The number of nitrogens with zero attached hydrogens (tertiary/aromatic N) is 2. The van der Waals surface area contributed by atoms with Crippen molar-refractivity contribution >= 4 is 28.9 Å². The van der Waals surface area contributed by atoms with Crippen LogP contribution in [0.1, 0.15) is 11.1 Å². The lowest BCUT2D eigenvalue weighted by molar-refractivity contribution is -0.123. The summed E-state index contributed by atoms with van der Waals surface area (Å²) >= 11 is 5.92. The van der Waals surface area contributed by atoms with Crippen molar-refractivity contribution in [2.45, 2.75) is 12.5 Å². The summed E-state index contributed by atoms with van der Waals surface area (Å²) in [6.45, 7) is 0.723. The highest BCUT2D eigenvalue weighted by Gasteiger charge is 2.25. The molecule has 1 aliphatic rings. The first-order chi connectivity index (χ1) is 13.0. The fourth-order valence-electron chi connectivity index (χ4n) is 2.83. The lowest BCUT2D eigenvalue weighted by Crippen LogP contribution is -2.39. The number of benzene rings is 2. The molecule has 0 bridgehead atoms. The Morgan fingerprint density at radius 2 is 2.11 bits per heavy atom. The van der Waals surface area contributed by atoms with Crippen molar-refractivity contribution < 1.29 is 14.3 Å². The summed E-state index contributed by atoms with van der Waals surface area (Å²) in [4.78, 5) is 14.0. The van der Waals surface area contributed by atoms with Gasteiger partial charge in [0, 0.05) is 17.9 Å². The predicted molar refractivity (Wildman–Crippen MR) is 103 cm³/mol. The molecule has 1 aliphatic heterocycles. The number of carbonyl (C=O) groups excluding carboxylic acids is 1. The van der Waals surface area contributed by atoms with Gasteiger partial charge >= 0.3 is 0 Å². The number of nitrogens with one attached hydrogen (secondary N) is 1. The van der Waals surface area contributed by atoms with E-state index in [1.807, 2.05) is 11.0 Å². The van der Waals surface area contributed by atoms with Crippen LogP contribution in [0.5, 0.6) is 0 Å². The van der Waals surface area contributed by atoms with E-state index in [0.717, 1.165) is 11.3 Å². The number of carbonyl (C=O) groups is 1. The van der Waals surface area contributed by atoms with Gasteiger partial charge in [0.15, 0.2) is 6.10 Å². The minimum Gasteiger partial charge on any atom is -0.381 e. The van der Waals surface area contributed by atoms with Gasteiger partial charge in [-0.15, -0.1) is 12.8 Å². The minimum absolute atomic E-state index is 0.106. The van der Waals surface area contributed by atoms with E-state index in [1.165, 1.54) is 24.3 Å². The van der Waals surface area contributed by atoms with Crippen molar-refractivity contribution in [3.8, 4) is 18.9 Å². The molecule has 5 nitrogen and oxygen atoms in total. The summed E-state index contributed by atoms with van der Waals surface area (Å²) in [6, 6.07) is 10.9. The fraction of sp³-hybridized carbons (Fsp3) is 0.200. The third kappa shape index (κ3) is 4.77. The van der Waals surface area contributed by atoms with Crippen LogP contribution in [0.2, 0.25) is 5.02 Å². The van der Waals surface area contributed by atoms with Gasteiger partial charge in [-0.05, 0) is 48.4 Å². The van der Waals surface area contributed by atoms with E-state index in [0.29, 0.717) is 24.2 Å². The fourth-order valence-corrected chi connectivity index (χ4v) is 3.05. The molecule has 2 aromatic carbocycles. The van der Waals surface area contributed by atoms with E-state index in [1.54, 1.807) is 12.1 Å². The molecule has 0 spiro atoms. The molecule has 3 rings (SSSR count). The molecule has 7 heteroatoms. The smallest absolute Gasteiger partial charge is 0.255 e. The Morgan fingerprint density at radius 1 is 1.37 bits per heavy atom.